The van der Waals surface area contributed by atoms with E-state index in [4.69, 9.17) is 11.5 Å². The van der Waals surface area contributed by atoms with Crippen molar-refractivity contribution in [3.05, 3.63) is 24.1 Å². The highest BCUT2D eigenvalue weighted by atomic mass is 35.5. The average molecular weight is 156 g/mol. The van der Waals surface area contributed by atoms with Gasteiger partial charge in [-0.05, 0) is 13.3 Å². The van der Waals surface area contributed by atoms with E-state index in [1.54, 1.807) is 0 Å². The van der Waals surface area contributed by atoms with Crippen LogP contribution in [0.2, 0.25) is 0 Å². The second-order valence-corrected chi connectivity index (χ2v) is 2.69. The van der Waals surface area contributed by atoms with Gasteiger partial charge in [0.25, 0.3) is 6.13 Å². The highest BCUT2D eigenvalue weighted by Gasteiger charge is 1.95. The predicted octanol–water partition coefficient (Wildman–Crippen LogP) is 3.23. The summed E-state index contributed by atoms with van der Waals surface area (Å²) in [5, 5.41) is 0. The van der Waals surface area contributed by atoms with Crippen LogP contribution in [0.4, 0.5) is 0 Å². The van der Waals surface area contributed by atoms with Gasteiger partial charge in [0.15, 0.2) is 0 Å². The molecule has 0 spiro atoms. The first kappa shape index (κ1) is 9.83. The van der Waals surface area contributed by atoms with E-state index in [2.05, 4.69) is 13.0 Å². The van der Waals surface area contributed by atoms with Gasteiger partial charge in [0, 0.05) is 0 Å². The van der Waals surface area contributed by atoms with Gasteiger partial charge in [-0.25, -0.2) is 0 Å². The Bertz CT molecular complexity index is 118. The second kappa shape index (κ2) is 6.95. The molecule has 0 aromatic heterocycles. The van der Waals surface area contributed by atoms with Crippen LogP contribution in [0.3, 0.4) is 0 Å². The standard InChI is InChI=1S/C8H14BCl/c1-3-5-6-8-9(10)7-4-2/h4,6-8H,3,5H2,1-2H3/b7-4-,8-6+. The first-order chi connectivity index (χ1) is 4.81. The largest absolute Gasteiger partial charge is 0.300 e. The Morgan fingerprint density at radius 2 is 2.10 bits per heavy atom. The smallest absolute Gasteiger partial charge is 0.183 e. The molecule has 0 saturated heterocycles. The lowest BCUT2D eigenvalue weighted by molar-refractivity contribution is 0.960. The van der Waals surface area contributed by atoms with Crippen molar-refractivity contribution >= 4 is 17.6 Å². The van der Waals surface area contributed by atoms with Crippen LogP contribution in [0.5, 0.6) is 0 Å². The van der Waals surface area contributed by atoms with Gasteiger partial charge < -0.3 is 0 Å². The molecule has 56 valence electrons. The molecule has 0 saturated carbocycles. The molecule has 0 fully saturated rings. The molecule has 10 heavy (non-hydrogen) atoms. The maximum absolute atomic E-state index is 5.84. The first-order valence-corrected chi connectivity index (χ1v) is 4.18. The van der Waals surface area contributed by atoms with E-state index in [9.17, 15) is 0 Å². The van der Waals surface area contributed by atoms with E-state index >= 15 is 0 Å². The SMILES string of the molecule is C/C=C\B(Cl)/C=C/CCC. The summed E-state index contributed by atoms with van der Waals surface area (Å²) in [6.45, 7) is 4.13. The van der Waals surface area contributed by atoms with Crippen LogP contribution in [0.1, 0.15) is 26.7 Å². The fraction of sp³-hybridized carbons (Fsp3) is 0.500. The number of rotatable bonds is 4. The van der Waals surface area contributed by atoms with Crippen LogP contribution in [0.15, 0.2) is 24.1 Å². The fourth-order valence-corrected chi connectivity index (χ4v) is 0.889. The van der Waals surface area contributed by atoms with Crippen molar-refractivity contribution in [3.63, 3.8) is 0 Å². The third-order valence-electron chi connectivity index (χ3n) is 1.15. The molecule has 0 aromatic rings. The summed E-state index contributed by atoms with van der Waals surface area (Å²) in [4.78, 5) is 0. The van der Waals surface area contributed by atoms with E-state index in [0.717, 1.165) is 6.42 Å². The molecule has 0 aliphatic carbocycles. The zero-order chi connectivity index (χ0) is 7.82. The molecule has 0 rings (SSSR count). The molecular weight excluding hydrogens is 142 g/mol. The molecule has 0 bridgehead atoms. The van der Waals surface area contributed by atoms with Crippen LogP contribution in [-0.4, -0.2) is 6.13 Å². The lowest BCUT2D eigenvalue weighted by Gasteiger charge is -1.87. The summed E-state index contributed by atoms with van der Waals surface area (Å²) >= 11 is 5.84. The summed E-state index contributed by atoms with van der Waals surface area (Å²) < 4.78 is 0. The molecule has 0 unspecified atom stereocenters. The summed E-state index contributed by atoms with van der Waals surface area (Å²) in [6, 6.07) is 0. The van der Waals surface area contributed by atoms with Crippen LogP contribution >= 0.6 is 11.5 Å². The Labute approximate surface area is 69.0 Å². The first-order valence-electron chi connectivity index (χ1n) is 3.74. The van der Waals surface area contributed by atoms with Crippen molar-refractivity contribution in [1.82, 2.24) is 0 Å². The van der Waals surface area contributed by atoms with Gasteiger partial charge in [-0.2, -0.15) is 11.5 Å². The summed E-state index contributed by atoms with van der Waals surface area (Å²) in [7, 11) is 0. The van der Waals surface area contributed by atoms with Gasteiger partial charge in [-0.1, -0.05) is 37.4 Å². The van der Waals surface area contributed by atoms with E-state index in [1.807, 2.05) is 25.0 Å². The Balaban J connectivity index is 3.45. The summed E-state index contributed by atoms with van der Waals surface area (Å²) in [5.74, 6) is 3.98. The van der Waals surface area contributed by atoms with Crippen molar-refractivity contribution in [1.29, 1.82) is 0 Å². The van der Waals surface area contributed by atoms with Gasteiger partial charge in [-0.3, -0.25) is 0 Å². The number of hydrogen-bond donors (Lipinski definition) is 0. The maximum atomic E-state index is 5.84. The van der Waals surface area contributed by atoms with Crippen LogP contribution in [-0.2, 0) is 0 Å². The topological polar surface area (TPSA) is 0 Å². The fourth-order valence-electron chi connectivity index (χ4n) is 0.641. The van der Waals surface area contributed by atoms with Crippen LogP contribution in [0.25, 0.3) is 0 Å². The molecule has 2 heteroatoms. The number of allylic oxidation sites excluding steroid dienone is 2. The molecule has 0 N–H and O–H groups in total. The minimum absolute atomic E-state index is 0.0801. The number of halogens is 1. The van der Waals surface area contributed by atoms with Crippen molar-refractivity contribution < 1.29 is 0 Å². The van der Waals surface area contributed by atoms with Crippen LogP contribution < -0.4 is 0 Å². The van der Waals surface area contributed by atoms with E-state index in [-0.39, 0.29) is 6.13 Å². The third-order valence-corrected chi connectivity index (χ3v) is 1.44. The van der Waals surface area contributed by atoms with Crippen molar-refractivity contribution in [2.24, 2.45) is 0 Å². The van der Waals surface area contributed by atoms with Gasteiger partial charge in [0.1, 0.15) is 0 Å². The predicted molar refractivity (Wildman–Crippen MR) is 50.5 cm³/mol. The quantitative estimate of drug-likeness (QED) is 0.548. The zero-order valence-electron chi connectivity index (χ0n) is 6.68. The third kappa shape index (κ3) is 5.96. The van der Waals surface area contributed by atoms with Gasteiger partial charge >= 0.3 is 0 Å². The average Bonchev–Trinajstić information content (AvgIpc) is 1.89. The Morgan fingerprint density at radius 1 is 1.40 bits per heavy atom. The van der Waals surface area contributed by atoms with Crippen molar-refractivity contribution in [2.75, 3.05) is 0 Å². The molecule has 0 nitrogen and oxygen atoms in total. The van der Waals surface area contributed by atoms with Crippen LogP contribution in [0, 0.1) is 0 Å². The zero-order valence-corrected chi connectivity index (χ0v) is 7.43. The lowest BCUT2D eigenvalue weighted by atomic mass is 9.76. The second-order valence-electron chi connectivity index (χ2n) is 2.19. The minimum Gasteiger partial charge on any atom is -0.183 e. The normalized spacial score (nSPS) is 11.5. The van der Waals surface area contributed by atoms with E-state index < -0.39 is 0 Å². The van der Waals surface area contributed by atoms with Crippen molar-refractivity contribution in [3.8, 4) is 0 Å². The summed E-state index contributed by atoms with van der Waals surface area (Å²) in [5.41, 5.74) is 0. The lowest BCUT2D eigenvalue weighted by Crippen LogP contribution is -1.92. The van der Waals surface area contributed by atoms with Crippen molar-refractivity contribution in [2.45, 2.75) is 26.7 Å². The number of hydrogen-bond acceptors (Lipinski definition) is 0. The molecular formula is C8H14BCl. The minimum atomic E-state index is 0.0801. The van der Waals surface area contributed by atoms with E-state index in [1.165, 1.54) is 6.42 Å². The molecule has 0 aliphatic rings. The van der Waals surface area contributed by atoms with E-state index in [0.29, 0.717) is 0 Å². The molecule has 0 aromatic carbocycles. The van der Waals surface area contributed by atoms with Gasteiger partial charge in [0.2, 0.25) is 0 Å². The summed E-state index contributed by atoms with van der Waals surface area (Å²) in [6.07, 6.45) is 6.49. The molecule has 0 atom stereocenters. The Hall–Kier alpha value is -0.165. The highest BCUT2D eigenvalue weighted by Crippen LogP contribution is 1.96. The maximum Gasteiger partial charge on any atom is 0.300 e. The molecule has 0 heterocycles. The molecule has 0 aliphatic heterocycles. The number of unbranched alkanes of at least 4 members (excludes halogenated alkanes) is 1. The monoisotopic (exact) mass is 156 g/mol. The molecule has 0 amide bonds. The Kier molecular flexibility index (Phi) is 6.83. The highest BCUT2D eigenvalue weighted by molar-refractivity contribution is 7.12. The molecule has 0 radical (unpaired) electrons. The van der Waals surface area contributed by atoms with Gasteiger partial charge in [-0.15, -0.1) is 0 Å². The Morgan fingerprint density at radius 3 is 2.60 bits per heavy atom. The van der Waals surface area contributed by atoms with Gasteiger partial charge in [0.05, 0.1) is 0 Å².